The minimum absolute atomic E-state index is 0. The van der Waals surface area contributed by atoms with E-state index in [0.29, 0.717) is 0 Å². The van der Waals surface area contributed by atoms with Crippen molar-refractivity contribution in [3.63, 3.8) is 0 Å². The molecule has 0 aromatic heterocycles. The summed E-state index contributed by atoms with van der Waals surface area (Å²) in [6.45, 7) is 3.91. The third-order valence-electron chi connectivity index (χ3n) is 2.12. The Morgan fingerprint density at radius 1 is 1.32 bits per heavy atom. The summed E-state index contributed by atoms with van der Waals surface area (Å²) >= 11 is 0. The zero-order valence-electron chi connectivity index (χ0n) is 11.1. The van der Waals surface area contributed by atoms with Gasteiger partial charge in [-0.1, -0.05) is 0 Å². The summed E-state index contributed by atoms with van der Waals surface area (Å²) in [5.74, 6) is -1.63. The van der Waals surface area contributed by atoms with E-state index in [0.717, 1.165) is 0 Å². The number of nitrogens with one attached hydrogen (secondary N) is 1. The van der Waals surface area contributed by atoms with Crippen molar-refractivity contribution in [3.05, 3.63) is 0 Å². The van der Waals surface area contributed by atoms with Crippen LogP contribution < -0.4 is 5.32 Å². The van der Waals surface area contributed by atoms with Crippen LogP contribution in [-0.2, 0) is 23.9 Å². The van der Waals surface area contributed by atoms with Crippen molar-refractivity contribution in [2.45, 2.75) is 27.2 Å². The van der Waals surface area contributed by atoms with E-state index in [1.807, 2.05) is 0 Å². The highest BCUT2D eigenvalue weighted by molar-refractivity contribution is 7.86. The number of carboxylic acids is 1. The first-order chi connectivity index (χ1) is 8.07. The lowest BCUT2D eigenvalue weighted by Crippen LogP contribution is -2.31. The van der Waals surface area contributed by atoms with Crippen LogP contribution in [0.2, 0.25) is 0 Å². The maximum Gasteiger partial charge on any atom is 0.311 e. The van der Waals surface area contributed by atoms with E-state index in [9.17, 15) is 18.0 Å². The van der Waals surface area contributed by atoms with Gasteiger partial charge in [-0.3, -0.25) is 13.8 Å². The fourth-order valence-corrected chi connectivity index (χ4v) is 1.96. The molecule has 0 aromatic carbocycles. The van der Waals surface area contributed by atoms with Gasteiger partial charge in [0.2, 0.25) is 5.91 Å². The Balaban J connectivity index is 0. The molecule has 0 aromatic rings. The summed E-state index contributed by atoms with van der Waals surface area (Å²) in [7, 11) is -3.76. The van der Waals surface area contributed by atoms with Crippen LogP contribution in [0, 0.1) is 5.41 Å². The lowest BCUT2D eigenvalue weighted by molar-refractivity contribution is -0.148. The molecular weight excluding hydrogens is 298 g/mol. The molecule has 9 heteroatoms. The second kappa shape index (κ2) is 8.34. The van der Waals surface area contributed by atoms with Crippen LogP contribution in [0.25, 0.3) is 0 Å². The predicted molar refractivity (Wildman–Crippen MR) is 71.7 cm³/mol. The average molecular weight is 318 g/mol. The number of hydrogen-bond donors (Lipinski definition) is 2. The van der Waals surface area contributed by atoms with Crippen molar-refractivity contribution in [1.29, 1.82) is 0 Å². The number of rotatable bonds is 8. The highest BCUT2D eigenvalue weighted by atomic mass is 35.5. The van der Waals surface area contributed by atoms with Gasteiger partial charge in [0.25, 0.3) is 10.1 Å². The van der Waals surface area contributed by atoms with Crippen molar-refractivity contribution in [2.24, 2.45) is 5.41 Å². The predicted octanol–water partition coefficient (Wildman–Crippen LogP) is 0.392. The maximum atomic E-state index is 11.4. The lowest BCUT2D eigenvalue weighted by Gasteiger charge is -2.18. The molecule has 0 radical (unpaired) electrons. The summed E-state index contributed by atoms with van der Waals surface area (Å²) in [6, 6.07) is 0. The van der Waals surface area contributed by atoms with Crippen LogP contribution in [0.3, 0.4) is 0 Å². The number of carbonyl (C=O) groups is 2. The maximum absolute atomic E-state index is 11.4. The topological polar surface area (TPSA) is 110 Å². The Morgan fingerprint density at radius 2 is 1.84 bits per heavy atom. The molecular formula is C10H20ClNO6S. The molecule has 0 rings (SSSR count). The first kappa shape index (κ1) is 20.5. The molecule has 7 nitrogen and oxygen atoms in total. The third kappa shape index (κ3) is 9.69. The van der Waals surface area contributed by atoms with E-state index < -0.39 is 28.1 Å². The Morgan fingerprint density at radius 3 is 2.26 bits per heavy atom. The molecule has 0 fully saturated rings. The highest BCUT2D eigenvalue weighted by Gasteiger charge is 2.29. The summed E-state index contributed by atoms with van der Waals surface area (Å²) in [5.41, 5.74) is -1.26. The highest BCUT2D eigenvalue weighted by Crippen LogP contribution is 2.16. The van der Waals surface area contributed by atoms with Crippen LogP contribution in [-0.4, -0.2) is 44.3 Å². The van der Waals surface area contributed by atoms with Gasteiger partial charge < -0.3 is 10.4 Å². The Bertz CT molecular complexity index is 406. The van der Waals surface area contributed by atoms with E-state index in [1.54, 1.807) is 0 Å². The number of aliphatic carboxylic acids is 1. The van der Waals surface area contributed by atoms with Crippen LogP contribution in [0.15, 0.2) is 0 Å². The van der Waals surface area contributed by atoms with Crippen LogP contribution >= 0.6 is 12.4 Å². The lowest BCUT2D eigenvalue weighted by atomic mass is 9.96. The molecule has 0 atom stereocenters. The standard InChI is InChI=1S/C10H19NO6S.ClH/c1-8(12)11-5-4-6-18(15,16)17-7-10(2,3)9(13)14;/h4-7H2,1-3H3,(H,11,12)(H,13,14);1H. The number of carboxylic acid groups (broad SMARTS) is 1. The van der Waals surface area contributed by atoms with Crippen molar-refractivity contribution in [1.82, 2.24) is 5.32 Å². The molecule has 0 spiro atoms. The molecule has 114 valence electrons. The van der Waals surface area contributed by atoms with Gasteiger partial charge >= 0.3 is 5.97 Å². The Labute approximate surface area is 119 Å². The summed E-state index contributed by atoms with van der Waals surface area (Å²) in [6.07, 6.45) is 0.218. The van der Waals surface area contributed by atoms with Crippen LogP contribution in [0.4, 0.5) is 0 Å². The van der Waals surface area contributed by atoms with Crippen LogP contribution in [0.5, 0.6) is 0 Å². The quantitative estimate of drug-likeness (QED) is 0.495. The van der Waals surface area contributed by atoms with E-state index in [4.69, 9.17) is 5.11 Å². The minimum Gasteiger partial charge on any atom is -0.481 e. The van der Waals surface area contributed by atoms with Crippen LogP contribution in [0.1, 0.15) is 27.2 Å². The van der Waals surface area contributed by atoms with Gasteiger partial charge in [0.05, 0.1) is 17.8 Å². The van der Waals surface area contributed by atoms with Crippen molar-refractivity contribution < 1.29 is 27.3 Å². The number of hydrogen-bond acceptors (Lipinski definition) is 5. The molecule has 1 amide bonds. The average Bonchev–Trinajstić information content (AvgIpc) is 2.22. The molecule has 2 N–H and O–H groups in total. The number of amides is 1. The van der Waals surface area contributed by atoms with Gasteiger partial charge in [-0.2, -0.15) is 8.42 Å². The Kier molecular flexibility index (Phi) is 8.98. The van der Waals surface area contributed by atoms with Gasteiger partial charge in [0, 0.05) is 13.5 Å². The number of carbonyl (C=O) groups excluding carboxylic acids is 1. The van der Waals surface area contributed by atoms with Gasteiger partial charge in [-0.25, -0.2) is 0 Å². The zero-order valence-corrected chi connectivity index (χ0v) is 12.8. The molecule has 0 aliphatic heterocycles. The van der Waals surface area contributed by atoms with E-state index in [2.05, 4.69) is 9.50 Å². The summed E-state index contributed by atoms with van der Waals surface area (Å²) in [4.78, 5) is 21.3. The molecule has 0 saturated carbocycles. The van der Waals surface area contributed by atoms with E-state index in [-0.39, 0.29) is 37.0 Å². The van der Waals surface area contributed by atoms with Gasteiger partial charge in [-0.15, -0.1) is 12.4 Å². The molecule has 0 bridgehead atoms. The van der Waals surface area contributed by atoms with Crippen molar-refractivity contribution in [3.8, 4) is 0 Å². The molecule has 0 heterocycles. The fourth-order valence-electron chi connectivity index (χ4n) is 0.871. The first-order valence-corrected chi connectivity index (χ1v) is 6.99. The largest absolute Gasteiger partial charge is 0.481 e. The third-order valence-corrected chi connectivity index (χ3v) is 3.39. The van der Waals surface area contributed by atoms with E-state index in [1.165, 1.54) is 20.8 Å². The second-order valence-corrected chi connectivity index (χ2v) is 6.31. The fraction of sp³-hybridized carbons (Fsp3) is 0.800. The van der Waals surface area contributed by atoms with Gasteiger partial charge in [-0.05, 0) is 20.3 Å². The SMILES string of the molecule is CC(=O)NCCCS(=O)(=O)OCC(C)(C)C(=O)O.Cl. The summed E-state index contributed by atoms with van der Waals surface area (Å²) < 4.78 is 27.5. The molecule has 19 heavy (non-hydrogen) atoms. The van der Waals surface area contributed by atoms with Gasteiger partial charge in [0.15, 0.2) is 0 Å². The van der Waals surface area contributed by atoms with Gasteiger partial charge in [0.1, 0.15) is 0 Å². The molecule has 0 aliphatic rings. The minimum atomic E-state index is -3.76. The smallest absolute Gasteiger partial charge is 0.311 e. The van der Waals surface area contributed by atoms with Crippen molar-refractivity contribution in [2.75, 3.05) is 18.9 Å². The molecule has 0 aliphatic carbocycles. The normalized spacial score (nSPS) is 11.5. The number of halogens is 1. The van der Waals surface area contributed by atoms with E-state index >= 15 is 0 Å². The first-order valence-electron chi connectivity index (χ1n) is 5.42. The molecule has 0 unspecified atom stereocenters. The second-order valence-electron chi connectivity index (χ2n) is 4.55. The summed E-state index contributed by atoms with van der Waals surface area (Å²) in [5, 5.41) is 11.2. The molecule has 0 saturated heterocycles. The monoisotopic (exact) mass is 317 g/mol. The zero-order chi connectivity index (χ0) is 14.4. The Hall–Kier alpha value is -0.860. The van der Waals surface area contributed by atoms with Crippen molar-refractivity contribution >= 4 is 34.4 Å².